The van der Waals surface area contributed by atoms with Crippen LogP contribution < -0.4 is 10.1 Å². The van der Waals surface area contributed by atoms with Crippen LogP contribution in [0.3, 0.4) is 0 Å². The summed E-state index contributed by atoms with van der Waals surface area (Å²) in [7, 11) is 0. The summed E-state index contributed by atoms with van der Waals surface area (Å²) in [5.74, 6) is 1.40. The second-order valence-corrected chi connectivity index (χ2v) is 6.91. The largest absolute Gasteiger partial charge is 0.491 e. The molecule has 0 saturated heterocycles. The molecule has 0 aliphatic carbocycles. The van der Waals surface area contributed by atoms with Gasteiger partial charge in [-0.25, -0.2) is 14.4 Å². The molecule has 7 heteroatoms. The predicted octanol–water partition coefficient (Wildman–Crippen LogP) is 4.20. The zero-order chi connectivity index (χ0) is 20.9. The minimum absolute atomic E-state index is 0.0912. The number of nitrogens with zero attached hydrogens (tertiary/aromatic N) is 3. The molecule has 4 rings (SSSR count). The molecule has 3 aromatic heterocycles. The highest BCUT2D eigenvalue weighted by Crippen LogP contribution is 2.26. The van der Waals surface area contributed by atoms with E-state index < -0.39 is 12.8 Å². The number of aliphatic hydroxyl groups excluding tert-OH is 1. The number of aliphatic hydroxyl groups is 1. The zero-order valence-electron chi connectivity index (χ0n) is 16.6. The molecule has 3 heterocycles. The molecule has 0 aliphatic rings. The van der Waals surface area contributed by atoms with E-state index in [1.807, 2.05) is 54.2 Å². The third-order valence-electron chi connectivity index (χ3n) is 4.69. The summed E-state index contributed by atoms with van der Waals surface area (Å²) in [6.45, 7) is 1.96. The molecule has 1 unspecified atom stereocenters. The first-order chi connectivity index (χ1) is 14.7. The Bertz CT molecular complexity index is 1110. The molecule has 2 N–H and O–H groups in total. The summed E-state index contributed by atoms with van der Waals surface area (Å²) in [5, 5.41) is 12.5. The molecule has 0 amide bonds. The Hall–Kier alpha value is -3.45. The number of anilines is 1. The van der Waals surface area contributed by atoms with Crippen molar-refractivity contribution < 1.29 is 14.2 Å². The molecule has 0 fully saturated rings. The number of hydrogen-bond acceptors (Lipinski definition) is 5. The van der Waals surface area contributed by atoms with Gasteiger partial charge in [0.05, 0.1) is 5.69 Å². The molecule has 30 heavy (non-hydrogen) atoms. The van der Waals surface area contributed by atoms with E-state index in [1.165, 1.54) is 0 Å². The topological polar surface area (TPSA) is 71.7 Å². The number of aromatic nitrogens is 3. The summed E-state index contributed by atoms with van der Waals surface area (Å²) in [4.78, 5) is 9.07. The molecule has 0 spiro atoms. The lowest BCUT2D eigenvalue weighted by atomic mass is 10.0. The molecule has 4 aromatic rings. The summed E-state index contributed by atoms with van der Waals surface area (Å²) < 4.78 is 19.7. The van der Waals surface area contributed by atoms with Crippen LogP contribution in [0.1, 0.15) is 6.92 Å². The van der Waals surface area contributed by atoms with Crippen LogP contribution in [0.15, 0.2) is 67.1 Å². The third kappa shape index (κ3) is 4.41. The fourth-order valence-electron chi connectivity index (χ4n) is 3.11. The quantitative estimate of drug-likeness (QED) is 0.459. The molecular formula is C23H23FN4O2. The van der Waals surface area contributed by atoms with Crippen molar-refractivity contribution >= 4 is 11.5 Å². The summed E-state index contributed by atoms with van der Waals surface area (Å²) >= 11 is 0. The number of benzene rings is 1. The number of ether oxygens (including phenoxy) is 1. The Balaban J connectivity index is 1.52. The Labute approximate surface area is 174 Å². The van der Waals surface area contributed by atoms with Gasteiger partial charge in [0.25, 0.3) is 0 Å². The highest BCUT2D eigenvalue weighted by atomic mass is 19.1. The lowest BCUT2D eigenvalue weighted by Crippen LogP contribution is -2.19. The van der Waals surface area contributed by atoms with Crippen molar-refractivity contribution in [3.05, 3.63) is 67.1 Å². The summed E-state index contributed by atoms with van der Waals surface area (Å²) in [5.41, 5.74) is 4.68. The average molecular weight is 406 g/mol. The van der Waals surface area contributed by atoms with Crippen LogP contribution in [0.2, 0.25) is 0 Å². The minimum Gasteiger partial charge on any atom is -0.491 e. The Morgan fingerprint density at radius 2 is 1.87 bits per heavy atom. The Morgan fingerprint density at radius 1 is 1.10 bits per heavy atom. The first kappa shape index (κ1) is 19.8. The van der Waals surface area contributed by atoms with Crippen molar-refractivity contribution in [2.45, 2.75) is 13.0 Å². The lowest BCUT2D eigenvalue weighted by Gasteiger charge is -2.08. The molecule has 1 aromatic carbocycles. The van der Waals surface area contributed by atoms with Gasteiger partial charge in [-0.1, -0.05) is 24.3 Å². The maximum absolute atomic E-state index is 12.4. The highest BCUT2D eigenvalue weighted by molar-refractivity contribution is 5.70. The van der Waals surface area contributed by atoms with Crippen LogP contribution in [0, 0.1) is 0 Å². The van der Waals surface area contributed by atoms with E-state index in [2.05, 4.69) is 27.4 Å². The standard InChI is InChI=1S/C23H23FN4O2/c1-2-25-22-8-7-18(13-26-22)16-3-5-17(6-4-16)21-14-28-10-9-20(11-23(28)27-21)30-15-19(29)12-24/h3-11,13-14,19,29H,2,12,15H2,1H3,(H,25,26). The molecule has 0 radical (unpaired) electrons. The van der Waals surface area contributed by atoms with Gasteiger partial charge in [-0.15, -0.1) is 0 Å². The van der Waals surface area contributed by atoms with Crippen molar-refractivity contribution in [1.82, 2.24) is 14.4 Å². The van der Waals surface area contributed by atoms with Crippen molar-refractivity contribution in [1.29, 1.82) is 0 Å². The van der Waals surface area contributed by atoms with Crippen LogP contribution in [-0.2, 0) is 0 Å². The average Bonchev–Trinajstić information content (AvgIpc) is 3.22. The lowest BCUT2D eigenvalue weighted by molar-refractivity contribution is 0.0842. The number of nitrogens with one attached hydrogen (secondary N) is 1. The van der Waals surface area contributed by atoms with Crippen molar-refractivity contribution in [3.63, 3.8) is 0 Å². The Kier molecular flexibility index (Phi) is 5.90. The normalized spacial score (nSPS) is 12.1. The number of imidazole rings is 1. The second-order valence-electron chi connectivity index (χ2n) is 6.91. The van der Waals surface area contributed by atoms with E-state index in [-0.39, 0.29) is 6.61 Å². The smallest absolute Gasteiger partial charge is 0.141 e. The fourth-order valence-corrected chi connectivity index (χ4v) is 3.11. The number of pyridine rings is 2. The Morgan fingerprint density at radius 3 is 2.57 bits per heavy atom. The van der Waals surface area contributed by atoms with Crippen LogP contribution in [0.4, 0.5) is 10.2 Å². The third-order valence-corrected chi connectivity index (χ3v) is 4.69. The van der Waals surface area contributed by atoms with Crippen LogP contribution in [0.25, 0.3) is 28.0 Å². The van der Waals surface area contributed by atoms with Gasteiger partial charge in [-0.05, 0) is 30.7 Å². The van der Waals surface area contributed by atoms with E-state index in [4.69, 9.17) is 4.74 Å². The van der Waals surface area contributed by atoms with Crippen LogP contribution in [0.5, 0.6) is 5.75 Å². The summed E-state index contributed by atoms with van der Waals surface area (Å²) in [6.07, 6.45) is 4.51. The van der Waals surface area contributed by atoms with Gasteiger partial charge in [0.15, 0.2) is 0 Å². The number of alkyl halides is 1. The van der Waals surface area contributed by atoms with Gasteiger partial charge < -0.3 is 19.6 Å². The van der Waals surface area contributed by atoms with Crippen LogP contribution >= 0.6 is 0 Å². The van der Waals surface area contributed by atoms with E-state index in [0.29, 0.717) is 11.4 Å². The van der Waals surface area contributed by atoms with E-state index in [9.17, 15) is 9.50 Å². The van der Waals surface area contributed by atoms with E-state index in [0.717, 1.165) is 34.7 Å². The van der Waals surface area contributed by atoms with Crippen molar-refractivity contribution in [3.8, 4) is 28.1 Å². The molecular weight excluding hydrogens is 383 g/mol. The molecule has 0 bridgehead atoms. The van der Waals surface area contributed by atoms with Gasteiger partial charge in [-0.2, -0.15) is 0 Å². The highest BCUT2D eigenvalue weighted by Gasteiger charge is 2.08. The number of halogens is 1. The maximum atomic E-state index is 12.4. The number of fused-ring (bicyclic) bond motifs is 1. The monoisotopic (exact) mass is 406 g/mol. The number of hydrogen-bond donors (Lipinski definition) is 2. The zero-order valence-corrected chi connectivity index (χ0v) is 16.6. The van der Waals surface area contributed by atoms with E-state index in [1.54, 1.807) is 12.1 Å². The molecule has 154 valence electrons. The minimum atomic E-state index is -1.12. The van der Waals surface area contributed by atoms with Crippen molar-refractivity contribution in [2.75, 3.05) is 25.1 Å². The summed E-state index contributed by atoms with van der Waals surface area (Å²) in [6, 6.07) is 15.7. The first-order valence-corrected chi connectivity index (χ1v) is 9.82. The molecule has 6 nitrogen and oxygen atoms in total. The molecule has 0 saturated carbocycles. The van der Waals surface area contributed by atoms with Gasteiger partial charge in [0, 0.05) is 42.3 Å². The maximum Gasteiger partial charge on any atom is 0.141 e. The van der Waals surface area contributed by atoms with Crippen molar-refractivity contribution in [2.24, 2.45) is 0 Å². The fraction of sp³-hybridized carbons (Fsp3) is 0.217. The first-order valence-electron chi connectivity index (χ1n) is 9.82. The SMILES string of the molecule is CCNc1ccc(-c2ccc(-c3cn4ccc(OCC(O)CF)cc4n3)cc2)cn1. The van der Waals surface area contributed by atoms with Crippen LogP contribution in [-0.4, -0.2) is 45.4 Å². The van der Waals surface area contributed by atoms with Gasteiger partial charge in [0.1, 0.15) is 36.6 Å². The van der Waals surface area contributed by atoms with Gasteiger partial charge >= 0.3 is 0 Å². The molecule has 0 aliphatic heterocycles. The van der Waals surface area contributed by atoms with E-state index >= 15 is 0 Å². The van der Waals surface area contributed by atoms with Gasteiger partial charge in [0.2, 0.25) is 0 Å². The van der Waals surface area contributed by atoms with Gasteiger partial charge in [-0.3, -0.25) is 0 Å². The predicted molar refractivity (Wildman–Crippen MR) is 115 cm³/mol. The number of rotatable bonds is 8. The molecule has 1 atom stereocenters. The second kappa shape index (κ2) is 8.92.